The highest BCUT2D eigenvalue weighted by Crippen LogP contribution is 2.32. The molecule has 2 aromatic rings. The largest absolute Gasteiger partial charge is 0.466 e. The van der Waals surface area contributed by atoms with E-state index in [0.29, 0.717) is 24.5 Å². The van der Waals surface area contributed by atoms with E-state index in [9.17, 15) is 4.79 Å². The Balaban J connectivity index is 2.07. The first kappa shape index (κ1) is 15.5. The number of hydrogen-bond donors (Lipinski definition) is 0. The molecule has 6 heteroatoms. The predicted octanol–water partition coefficient (Wildman–Crippen LogP) is 4.72. The van der Waals surface area contributed by atoms with Crippen LogP contribution in [0.15, 0.2) is 28.1 Å². The maximum absolute atomic E-state index is 11.3. The molecule has 0 saturated heterocycles. The Morgan fingerprint density at radius 3 is 3.00 bits per heavy atom. The molecule has 0 saturated carbocycles. The number of benzene rings is 1. The summed E-state index contributed by atoms with van der Waals surface area (Å²) < 4.78 is 5.82. The third-order valence-corrected chi connectivity index (χ3v) is 4.42. The van der Waals surface area contributed by atoms with Gasteiger partial charge < -0.3 is 4.74 Å². The van der Waals surface area contributed by atoms with Crippen molar-refractivity contribution in [1.29, 1.82) is 0 Å². The minimum absolute atomic E-state index is 0.185. The number of halogens is 2. The van der Waals surface area contributed by atoms with Crippen LogP contribution in [0.25, 0.3) is 10.6 Å². The first-order valence-corrected chi connectivity index (χ1v) is 8.20. The van der Waals surface area contributed by atoms with E-state index in [-0.39, 0.29) is 5.97 Å². The lowest BCUT2D eigenvalue weighted by Gasteiger charge is -2.01. The molecule has 1 aromatic heterocycles. The number of aryl methyl sites for hydroxylation is 1. The molecule has 0 unspecified atom stereocenters. The van der Waals surface area contributed by atoms with E-state index >= 15 is 0 Å². The lowest BCUT2D eigenvalue weighted by Crippen LogP contribution is -2.05. The van der Waals surface area contributed by atoms with E-state index in [4.69, 9.17) is 16.3 Å². The lowest BCUT2D eigenvalue weighted by molar-refractivity contribution is -0.143. The van der Waals surface area contributed by atoms with E-state index in [1.165, 1.54) is 0 Å². The Hall–Kier alpha value is -0.910. The predicted molar refractivity (Wildman–Crippen MR) is 85.2 cm³/mol. The van der Waals surface area contributed by atoms with Gasteiger partial charge >= 0.3 is 5.97 Å². The molecule has 106 valence electrons. The van der Waals surface area contributed by atoms with Crippen LogP contribution in [0.4, 0.5) is 0 Å². The lowest BCUT2D eigenvalue weighted by atomic mass is 10.2. The SMILES string of the molecule is CCOC(=O)CCc1csc(-c2ccc(Cl)cc2Br)n1. The van der Waals surface area contributed by atoms with Crippen molar-refractivity contribution in [2.24, 2.45) is 0 Å². The number of hydrogen-bond acceptors (Lipinski definition) is 4. The normalized spacial score (nSPS) is 10.6. The van der Waals surface area contributed by atoms with Crippen molar-refractivity contribution in [2.75, 3.05) is 6.61 Å². The third kappa shape index (κ3) is 4.04. The Labute approximate surface area is 135 Å². The summed E-state index contributed by atoms with van der Waals surface area (Å²) in [5.74, 6) is -0.185. The fraction of sp³-hybridized carbons (Fsp3) is 0.286. The van der Waals surface area contributed by atoms with Gasteiger partial charge in [-0.15, -0.1) is 11.3 Å². The number of rotatable bonds is 5. The van der Waals surface area contributed by atoms with Gasteiger partial charge in [-0.05, 0) is 25.1 Å². The molecule has 3 nitrogen and oxygen atoms in total. The molecule has 0 atom stereocenters. The average molecular weight is 375 g/mol. The first-order valence-electron chi connectivity index (χ1n) is 6.15. The highest BCUT2D eigenvalue weighted by Gasteiger charge is 2.10. The van der Waals surface area contributed by atoms with Gasteiger partial charge in [-0.1, -0.05) is 27.5 Å². The molecular weight excluding hydrogens is 362 g/mol. The van der Waals surface area contributed by atoms with Crippen molar-refractivity contribution in [3.8, 4) is 10.6 Å². The maximum Gasteiger partial charge on any atom is 0.306 e. The molecule has 1 heterocycles. The second-order valence-electron chi connectivity index (χ2n) is 4.07. The minimum atomic E-state index is -0.185. The fourth-order valence-corrected chi connectivity index (χ4v) is 3.57. The molecule has 0 bridgehead atoms. The van der Waals surface area contributed by atoms with Crippen LogP contribution in [0, 0.1) is 0 Å². The Kier molecular flexibility index (Phi) is 5.57. The molecule has 0 N–H and O–H groups in total. The number of aromatic nitrogens is 1. The Bertz CT molecular complexity index is 615. The Morgan fingerprint density at radius 2 is 2.30 bits per heavy atom. The molecule has 0 spiro atoms. The van der Waals surface area contributed by atoms with Crippen molar-refractivity contribution < 1.29 is 9.53 Å². The molecule has 0 aliphatic heterocycles. The van der Waals surface area contributed by atoms with Crippen LogP contribution in [0.2, 0.25) is 5.02 Å². The summed E-state index contributed by atoms with van der Waals surface area (Å²) in [6, 6.07) is 5.61. The smallest absolute Gasteiger partial charge is 0.306 e. The number of carbonyl (C=O) groups is 1. The van der Waals surface area contributed by atoms with Crippen LogP contribution in [0.3, 0.4) is 0 Å². The van der Waals surface area contributed by atoms with E-state index in [0.717, 1.165) is 20.7 Å². The number of thiazole rings is 1. The molecule has 0 fully saturated rings. The van der Waals surface area contributed by atoms with Crippen LogP contribution in [0.1, 0.15) is 19.0 Å². The van der Waals surface area contributed by atoms with Crippen LogP contribution in [-0.4, -0.2) is 17.6 Å². The second kappa shape index (κ2) is 7.20. The summed E-state index contributed by atoms with van der Waals surface area (Å²) >= 11 is 11.0. The standard InChI is InChI=1S/C14H13BrClNO2S/c1-2-19-13(18)6-4-10-8-20-14(17-10)11-5-3-9(16)7-12(11)15/h3,5,7-8H,2,4,6H2,1H3. The van der Waals surface area contributed by atoms with Crippen LogP contribution < -0.4 is 0 Å². The van der Waals surface area contributed by atoms with E-state index < -0.39 is 0 Å². The van der Waals surface area contributed by atoms with Gasteiger partial charge in [0.1, 0.15) is 5.01 Å². The first-order chi connectivity index (χ1) is 9.60. The molecule has 0 aliphatic rings. The van der Waals surface area contributed by atoms with Crippen LogP contribution in [-0.2, 0) is 16.0 Å². The van der Waals surface area contributed by atoms with Crippen molar-refractivity contribution >= 4 is 44.8 Å². The monoisotopic (exact) mass is 373 g/mol. The molecule has 0 radical (unpaired) electrons. The van der Waals surface area contributed by atoms with Crippen molar-refractivity contribution in [3.05, 3.63) is 38.8 Å². The zero-order valence-corrected chi connectivity index (χ0v) is 14.0. The molecule has 20 heavy (non-hydrogen) atoms. The highest BCUT2D eigenvalue weighted by molar-refractivity contribution is 9.10. The average Bonchev–Trinajstić information content (AvgIpc) is 2.85. The van der Waals surface area contributed by atoms with Crippen LogP contribution >= 0.6 is 38.9 Å². The van der Waals surface area contributed by atoms with Gasteiger partial charge in [0.15, 0.2) is 0 Å². The highest BCUT2D eigenvalue weighted by atomic mass is 79.9. The minimum Gasteiger partial charge on any atom is -0.466 e. The fourth-order valence-electron chi connectivity index (χ4n) is 1.67. The van der Waals surface area contributed by atoms with Gasteiger partial charge in [0.2, 0.25) is 0 Å². The Morgan fingerprint density at radius 1 is 1.50 bits per heavy atom. The summed E-state index contributed by atoms with van der Waals surface area (Å²) in [6.07, 6.45) is 0.958. The number of ether oxygens (including phenoxy) is 1. The molecular formula is C14H13BrClNO2S. The summed E-state index contributed by atoms with van der Waals surface area (Å²) in [7, 11) is 0. The molecule has 0 amide bonds. The number of carbonyl (C=O) groups excluding carboxylic acids is 1. The molecule has 1 aromatic carbocycles. The van der Waals surface area contributed by atoms with Crippen molar-refractivity contribution in [1.82, 2.24) is 4.98 Å². The quantitative estimate of drug-likeness (QED) is 0.711. The van der Waals surface area contributed by atoms with Gasteiger partial charge in [0, 0.05) is 26.9 Å². The summed E-state index contributed by atoms with van der Waals surface area (Å²) in [6.45, 7) is 2.22. The van der Waals surface area contributed by atoms with Crippen LogP contribution in [0.5, 0.6) is 0 Å². The zero-order valence-electron chi connectivity index (χ0n) is 10.9. The summed E-state index contributed by atoms with van der Waals surface area (Å²) in [5.41, 5.74) is 1.90. The van der Waals surface area contributed by atoms with E-state index in [1.807, 2.05) is 23.6 Å². The van der Waals surface area contributed by atoms with E-state index in [1.54, 1.807) is 18.3 Å². The van der Waals surface area contributed by atoms with Gasteiger partial charge in [-0.3, -0.25) is 4.79 Å². The van der Waals surface area contributed by atoms with E-state index in [2.05, 4.69) is 20.9 Å². The number of esters is 1. The van der Waals surface area contributed by atoms with Crippen molar-refractivity contribution in [2.45, 2.75) is 19.8 Å². The second-order valence-corrected chi connectivity index (χ2v) is 6.22. The summed E-state index contributed by atoms with van der Waals surface area (Å²) in [4.78, 5) is 15.9. The topological polar surface area (TPSA) is 39.2 Å². The van der Waals surface area contributed by atoms with Gasteiger partial charge in [0.25, 0.3) is 0 Å². The van der Waals surface area contributed by atoms with Gasteiger partial charge in [-0.2, -0.15) is 0 Å². The molecule has 2 rings (SSSR count). The third-order valence-electron chi connectivity index (χ3n) is 2.60. The number of nitrogens with zero attached hydrogens (tertiary/aromatic N) is 1. The summed E-state index contributed by atoms with van der Waals surface area (Å²) in [5, 5.41) is 3.56. The van der Waals surface area contributed by atoms with Gasteiger partial charge in [-0.25, -0.2) is 4.98 Å². The zero-order chi connectivity index (χ0) is 14.5. The molecule has 0 aliphatic carbocycles. The van der Waals surface area contributed by atoms with Gasteiger partial charge in [0.05, 0.1) is 18.7 Å². The van der Waals surface area contributed by atoms with Crippen molar-refractivity contribution in [3.63, 3.8) is 0 Å². The maximum atomic E-state index is 11.3.